The molecule has 2 fully saturated rings. The lowest BCUT2D eigenvalue weighted by Crippen LogP contribution is -2.38. The minimum absolute atomic E-state index is 0.102. The molecule has 6 nitrogen and oxygen atoms in total. The number of carbonyl (C=O) groups excluding carboxylic acids is 1. The van der Waals surface area contributed by atoms with Crippen molar-refractivity contribution in [2.45, 2.75) is 6.92 Å². The zero-order valence-corrected chi connectivity index (χ0v) is 18.2. The smallest absolute Gasteiger partial charge is 0.270 e. The summed E-state index contributed by atoms with van der Waals surface area (Å²) in [7, 11) is 1.68. The Kier molecular flexibility index (Phi) is 6.33. The number of nitrogens with zero attached hydrogens (tertiary/aromatic N) is 4. The van der Waals surface area contributed by atoms with Crippen molar-refractivity contribution in [2.75, 3.05) is 36.0 Å². The first kappa shape index (κ1) is 20.7. The highest BCUT2D eigenvalue weighted by Crippen LogP contribution is 2.35. The monoisotopic (exact) mass is 432 g/mol. The molecule has 1 aromatic heterocycles. The van der Waals surface area contributed by atoms with Crippen molar-refractivity contribution >= 4 is 57.9 Å². The zero-order valence-electron chi connectivity index (χ0n) is 15.7. The second-order valence-electron chi connectivity index (χ2n) is 6.39. The van der Waals surface area contributed by atoms with Crippen LogP contribution < -0.4 is 10.5 Å². The molecule has 0 radical (unpaired) electrons. The van der Waals surface area contributed by atoms with E-state index in [1.54, 1.807) is 26.1 Å². The molecule has 3 heterocycles. The van der Waals surface area contributed by atoms with Gasteiger partial charge in [0.05, 0.1) is 4.91 Å². The molecular weight excluding hydrogens is 412 g/mol. The normalized spacial score (nSPS) is 18.7. The van der Waals surface area contributed by atoms with E-state index in [9.17, 15) is 14.9 Å². The van der Waals surface area contributed by atoms with Crippen molar-refractivity contribution in [3.05, 3.63) is 44.6 Å². The number of aromatic nitrogens is 1. The largest absolute Gasteiger partial charge is 0.356 e. The SMILES string of the molecule is C=CCN1C(=O)C(=Cc2c(C)c(C#N)c(=O)n(C)c2N2CCSCC2)SC1=S. The Bertz CT molecular complexity index is 984. The van der Waals surface area contributed by atoms with Crippen molar-refractivity contribution in [2.24, 2.45) is 7.05 Å². The highest BCUT2D eigenvalue weighted by Gasteiger charge is 2.32. The van der Waals surface area contributed by atoms with Crippen LogP contribution in [0.15, 0.2) is 22.4 Å². The van der Waals surface area contributed by atoms with Crippen molar-refractivity contribution in [3.63, 3.8) is 0 Å². The molecule has 0 atom stereocenters. The van der Waals surface area contributed by atoms with E-state index >= 15 is 0 Å². The number of anilines is 1. The number of thioether (sulfide) groups is 2. The summed E-state index contributed by atoms with van der Waals surface area (Å²) < 4.78 is 2.01. The van der Waals surface area contributed by atoms with Gasteiger partial charge in [-0.25, -0.2) is 0 Å². The first-order valence-corrected chi connectivity index (χ1v) is 11.1. The molecule has 0 N–H and O–H groups in total. The van der Waals surface area contributed by atoms with Gasteiger partial charge in [0.15, 0.2) is 0 Å². The highest BCUT2D eigenvalue weighted by molar-refractivity contribution is 8.26. The van der Waals surface area contributed by atoms with Crippen LogP contribution in [0.1, 0.15) is 16.7 Å². The number of rotatable bonds is 4. The van der Waals surface area contributed by atoms with Gasteiger partial charge in [-0.05, 0) is 18.6 Å². The van der Waals surface area contributed by atoms with Crippen LogP contribution in [0.3, 0.4) is 0 Å². The Morgan fingerprint density at radius 1 is 1.32 bits per heavy atom. The summed E-state index contributed by atoms with van der Waals surface area (Å²) in [6.07, 6.45) is 3.41. The molecule has 2 aliphatic rings. The van der Waals surface area contributed by atoms with E-state index < -0.39 is 0 Å². The van der Waals surface area contributed by atoms with Crippen LogP contribution in [0.2, 0.25) is 0 Å². The summed E-state index contributed by atoms with van der Waals surface area (Å²) >= 11 is 8.43. The fourth-order valence-corrected chi connectivity index (χ4v) is 5.45. The fourth-order valence-electron chi connectivity index (χ4n) is 3.29. The van der Waals surface area contributed by atoms with Crippen molar-refractivity contribution in [1.82, 2.24) is 9.47 Å². The highest BCUT2D eigenvalue weighted by atomic mass is 32.2. The minimum Gasteiger partial charge on any atom is -0.356 e. The van der Waals surface area contributed by atoms with Crippen LogP contribution >= 0.6 is 35.7 Å². The summed E-state index contributed by atoms with van der Waals surface area (Å²) in [5.41, 5.74) is 1.10. The fraction of sp³-hybridized carbons (Fsp3) is 0.368. The second kappa shape index (κ2) is 8.55. The molecule has 0 bridgehead atoms. The van der Waals surface area contributed by atoms with E-state index in [2.05, 4.69) is 11.5 Å². The van der Waals surface area contributed by atoms with E-state index in [0.29, 0.717) is 21.3 Å². The van der Waals surface area contributed by atoms with Gasteiger partial charge in [0.1, 0.15) is 21.8 Å². The molecule has 0 saturated carbocycles. The number of hydrogen-bond acceptors (Lipinski definition) is 7. The average molecular weight is 433 g/mol. The van der Waals surface area contributed by atoms with E-state index in [-0.39, 0.29) is 17.0 Å². The van der Waals surface area contributed by atoms with Gasteiger partial charge in [0.2, 0.25) is 0 Å². The Balaban J connectivity index is 2.19. The molecule has 1 aromatic rings. The van der Waals surface area contributed by atoms with E-state index in [4.69, 9.17) is 12.2 Å². The minimum atomic E-state index is -0.315. The first-order valence-electron chi connectivity index (χ1n) is 8.73. The average Bonchev–Trinajstić information content (AvgIpc) is 2.95. The predicted octanol–water partition coefficient (Wildman–Crippen LogP) is 2.51. The Morgan fingerprint density at radius 2 is 2.00 bits per heavy atom. The maximum absolute atomic E-state index is 12.8. The van der Waals surface area contributed by atoms with E-state index in [1.165, 1.54) is 21.2 Å². The van der Waals surface area contributed by atoms with Gasteiger partial charge in [-0.1, -0.05) is 30.1 Å². The first-order chi connectivity index (χ1) is 13.4. The lowest BCUT2D eigenvalue weighted by Gasteiger charge is -2.32. The van der Waals surface area contributed by atoms with Gasteiger partial charge in [-0.3, -0.25) is 19.1 Å². The third-order valence-electron chi connectivity index (χ3n) is 4.74. The molecule has 2 saturated heterocycles. The molecule has 0 unspecified atom stereocenters. The predicted molar refractivity (Wildman–Crippen MR) is 121 cm³/mol. The van der Waals surface area contributed by atoms with Crippen LogP contribution in [0, 0.1) is 18.3 Å². The van der Waals surface area contributed by atoms with Gasteiger partial charge in [-0.15, -0.1) is 6.58 Å². The van der Waals surface area contributed by atoms with Gasteiger partial charge < -0.3 is 4.90 Å². The Labute approximate surface area is 177 Å². The molecular formula is C19H20N4O2S3. The Morgan fingerprint density at radius 3 is 2.61 bits per heavy atom. The molecule has 2 aliphatic heterocycles. The molecule has 9 heteroatoms. The molecule has 0 aromatic carbocycles. The number of thiocarbonyl (C=S) groups is 1. The van der Waals surface area contributed by atoms with E-state index in [0.717, 1.165) is 36.0 Å². The third-order valence-corrected chi connectivity index (χ3v) is 7.06. The van der Waals surface area contributed by atoms with Crippen LogP contribution in [0.5, 0.6) is 0 Å². The Hall–Kier alpha value is -2.02. The van der Waals surface area contributed by atoms with Gasteiger partial charge in [0, 0.05) is 43.8 Å². The summed E-state index contributed by atoms with van der Waals surface area (Å²) in [5, 5.41) is 9.50. The summed E-state index contributed by atoms with van der Waals surface area (Å²) in [6, 6.07) is 2.02. The van der Waals surface area contributed by atoms with E-state index in [1.807, 2.05) is 17.8 Å². The van der Waals surface area contributed by atoms with Crippen LogP contribution in [-0.2, 0) is 11.8 Å². The molecule has 3 rings (SSSR count). The second-order valence-corrected chi connectivity index (χ2v) is 9.29. The summed E-state index contributed by atoms with van der Waals surface area (Å²) in [5.74, 6) is 2.50. The summed E-state index contributed by atoms with van der Waals surface area (Å²) in [6.45, 7) is 7.40. The summed E-state index contributed by atoms with van der Waals surface area (Å²) in [4.78, 5) is 29.6. The lowest BCUT2D eigenvalue weighted by molar-refractivity contribution is -0.121. The van der Waals surface area contributed by atoms with Crippen LogP contribution in [0.25, 0.3) is 6.08 Å². The molecule has 28 heavy (non-hydrogen) atoms. The van der Waals surface area contributed by atoms with Gasteiger partial charge in [-0.2, -0.15) is 17.0 Å². The standard InChI is InChI=1S/C19H20N4O2S3/c1-4-5-23-18(25)15(28-19(23)26)10-13-12(2)14(11-20)17(24)21(3)16(13)22-6-8-27-9-7-22/h4,10H,1,5-9H2,2-3H3. The molecule has 146 valence electrons. The van der Waals surface area contributed by atoms with Crippen LogP contribution in [0.4, 0.5) is 5.82 Å². The zero-order chi connectivity index (χ0) is 20.4. The van der Waals surface area contributed by atoms with Crippen molar-refractivity contribution in [3.8, 4) is 6.07 Å². The molecule has 0 aliphatic carbocycles. The molecule has 1 amide bonds. The number of carbonyl (C=O) groups is 1. The quantitative estimate of drug-likeness (QED) is 0.411. The lowest BCUT2D eigenvalue weighted by atomic mass is 10.0. The van der Waals surface area contributed by atoms with Crippen LogP contribution in [-0.4, -0.2) is 50.8 Å². The van der Waals surface area contributed by atoms with Gasteiger partial charge in [0.25, 0.3) is 11.5 Å². The molecule has 0 spiro atoms. The number of pyridine rings is 1. The third kappa shape index (κ3) is 3.64. The number of hydrogen-bond donors (Lipinski definition) is 0. The maximum atomic E-state index is 12.8. The van der Waals surface area contributed by atoms with Gasteiger partial charge >= 0.3 is 0 Å². The van der Waals surface area contributed by atoms with Crippen molar-refractivity contribution in [1.29, 1.82) is 5.26 Å². The maximum Gasteiger partial charge on any atom is 0.270 e. The topological polar surface area (TPSA) is 69.3 Å². The number of amides is 1. The van der Waals surface area contributed by atoms with Crippen molar-refractivity contribution < 1.29 is 4.79 Å². The number of nitriles is 1.